The van der Waals surface area contributed by atoms with Crippen LogP contribution in [0.3, 0.4) is 0 Å². The van der Waals surface area contributed by atoms with Crippen LogP contribution in [0.1, 0.15) is 26.2 Å². The van der Waals surface area contributed by atoms with Crippen molar-refractivity contribution in [3.63, 3.8) is 0 Å². The maximum atomic E-state index is 11.7. The highest BCUT2D eigenvalue weighted by Crippen LogP contribution is 2.19. The van der Waals surface area contributed by atoms with E-state index in [1.807, 2.05) is 6.92 Å². The lowest BCUT2D eigenvalue weighted by atomic mass is 10.0. The van der Waals surface area contributed by atoms with Crippen molar-refractivity contribution >= 4 is 11.9 Å². The van der Waals surface area contributed by atoms with E-state index in [-0.39, 0.29) is 18.6 Å². The molecule has 1 heterocycles. The normalized spacial score (nSPS) is 24.4. The molecule has 2 atom stereocenters. The molecule has 1 N–H and O–H groups in total. The summed E-state index contributed by atoms with van der Waals surface area (Å²) in [5.41, 5.74) is 0. The zero-order valence-corrected chi connectivity index (χ0v) is 9.81. The molecule has 5 nitrogen and oxygen atoms in total. The van der Waals surface area contributed by atoms with Gasteiger partial charge in [-0.05, 0) is 6.42 Å². The molecule has 16 heavy (non-hydrogen) atoms. The van der Waals surface area contributed by atoms with E-state index in [0.717, 1.165) is 12.8 Å². The SMILES string of the molecule is CCCCC(=O)N(C)C1COCC1C(=O)O. The summed E-state index contributed by atoms with van der Waals surface area (Å²) in [5, 5.41) is 8.97. The Morgan fingerprint density at radius 1 is 1.44 bits per heavy atom. The van der Waals surface area contributed by atoms with Crippen LogP contribution in [-0.2, 0) is 14.3 Å². The number of aliphatic carboxylic acids is 1. The third kappa shape index (κ3) is 2.95. The number of carbonyl (C=O) groups is 2. The molecule has 1 aliphatic heterocycles. The van der Waals surface area contributed by atoms with Crippen LogP contribution in [0.25, 0.3) is 0 Å². The van der Waals surface area contributed by atoms with Crippen molar-refractivity contribution in [2.24, 2.45) is 5.92 Å². The van der Waals surface area contributed by atoms with Gasteiger partial charge in [-0.3, -0.25) is 9.59 Å². The third-order valence-corrected chi connectivity index (χ3v) is 3.00. The van der Waals surface area contributed by atoms with Crippen LogP contribution in [0.2, 0.25) is 0 Å². The van der Waals surface area contributed by atoms with Crippen LogP contribution in [0, 0.1) is 5.92 Å². The predicted octanol–water partition coefficient (Wildman–Crippen LogP) is 0.735. The molecule has 0 saturated carbocycles. The minimum Gasteiger partial charge on any atom is -0.481 e. The van der Waals surface area contributed by atoms with E-state index in [2.05, 4.69) is 0 Å². The van der Waals surface area contributed by atoms with Gasteiger partial charge in [-0.2, -0.15) is 0 Å². The number of hydrogen-bond donors (Lipinski definition) is 1. The molecule has 0 aromatic carbocycles. The number of nitrogens with zero attached hydrogens (tertiary/aromatic N) is 1. The number of amides is 1. The third-order valence-electron chi connectivity index (χ3n) is 3.00. The Kier molecular flexibility index (Phi) is 4.73. The van der Waals surface area contributed by atoms with Crippen molar-refractivity contribution in [1.29, 1.82) is 0 Å². The highest BCUT2D eigenvalue weighted by Gasteiger charge is 2.38. The van der Waals surface area contributed by atoms with Crippen molar-refractivity contribution in [3.05, 3.63) is 0 Å². The predicted molar refractivity (Wildman–Crippen MR) is 58.0 cm³/mol. The van der Waals surface area contributed by atoms with E-state index in [0.29, 0.717) is 13.0 Å². The second-order valence-electron chi connectivity index (χ2n) is 4.16. The average Bonchev–Trinajstić information content (AvgIpc) is 2.73. The summed E-state index contributed by atoms with van der Waals surface area (Å²) in [6.07, 6.45) is 2.29. The summed E-state index contributed by atoms with van der Waals surface area (Å²) in [6.45, 7) is 2.54. The number of rotatable bonds is 5. The number of likely N-dealkylation sites (N-methyl/N-ethyl adjacent to an activating group) is 1. The first-order valence-electron chi connectivity index (χ1n) is 5.64. The number of hydrogen-bond acceptors (Lipinski definition) is 3. The first-order valence-corrected chi connectivity index (χ1v) is 5.64. The number of carboxylic acids is 1. The Labute approximate surface area is 95.4 Å². The van der Waals surface area contributed by atoms with Gasteiger partial charge in [-0.25, -0.2) is 0 Å². The zero-order valence-electron chi connectivity index (χ0n) is 9.81. The van der Waals surface area contributed by atoms with Gasteiger partial charge in [0.2, 0.25) is 5.91 Å². The average molecular weight is 229 g/mol. The van der Waals surface area contributed by atoms with Crippen molar-refractivity contribution in [2.45, 2.75) is 32.2 Å². The molecule has 5 heteroatoms. The van der Waals surface area contributed by atoms with Crippen molar-refractivity contribution in [3.8, 4) is 0 Å². The lowest BCUT2D eigenvalue weighted by molar-refractivity contribution is -0.144. The standard InChI is InChI=1S/C11H19NO4/c1-3-4-5-10(13)12(2)9-7-16-6-8(9)11(14)15/h8-9H,3-7H2,1-2H3,(H,14,15). The molecule has 1 amide bonds. The van der Waals surface area contributed by atoms with E-state index in [1.165, 1.54) is 4.90 Å². The molecule has 92 valence electrons. The minimum atomic E-state index is -0.891. The topological polar surface area (TPSA) is 66.8 Å². The number of unbranched alkanes of at least 4 members (excludes halogenated alkanes) is 1. The monoisotopic (exact) mass is 229 g/mol. The Morgan fingerprint density at radius 2 is 2.12 bits per heavy atom. The molecular weight excluding hydrogens is 210 g/mol. The lowest BCUT2D eigenvalue weighted by Crippen LogP contribution is -2.44. The van der Waals surface area contributed by atoms with Crippen LogP contribution in [0.15, 0.2) is 0 Å². The second-order valence-corrected chi connectivity index (χ2v) is 4.16. The molecule has 0 radical (unpaired) electrons. The Balaban J connectivity index is 2.55. The van der Waals surface area contributed by atoms with Gasteiger partial charge in [0.1, 0.15) is 5.92 Å². The number of carboxylic acid groups (broad SMARTS) is 1. The fraction of sp³-hybridized carbons (Fsp3) is 0.818. The van der Waals surface area contributed by atoms with Gasteiger partial charge in [0, 0.05) is 13.5 Å². The van der Waals surface area contributed by atoms with Gasteiger partial charge in [0.15, 0.2) is 0 Å². The Morgan fingerprint density at radius 3 is 2.69 bits per heavy atom. The molecule has 2 unspecified atom stereocenters. The molecule has 1 fully saturated rings. The fourth-order valence-corrected chi connectivity index (χ4v) is 1.85. The molecular formula is C11H19NO4. The summed E-state index contributed by atoms with van der Waals surface area (Å²) >= 11 is 0. The van der Waals surface area contributed by atoms with E-state index < -0.39 is 11.9 Å². The van der Waals surface area contributed by atoms with Crippen LogP contribution in [0.5, 0.6) is 0 Å². The maximum absolute atomic E-state index is 11.7. The van der Waals surface area contributed by atoms with E-state index >= 15 is 0 Å². The van der Waals surface area contributed by atoms with Crippen molar-refractivity contribution in [2.75, 3.05) is 20.3 Å². The van der Waals surface area contributed by atoms with Crippen molar-refractivity contribution in [1.82, 2.24) is 4.90 Å². The fourth-order valence-electron chi connectivity index (χ4n) is 1.85. The van der Waals surface area contributed by atoms with Gasteiger partial charge < -0.3 is 14.7 Å². The van der Waals surface area contributed by atoms with Crippen LogP contribution >= 0.6 is 0 Å². The molecule has 0 aromatic heterocycles. The molecule has 0 bridgehead atoms. The number of ether oxygens (including phenoxy) is 1. The zero-order chi connectivity index (χ0) is 12.1. The number of carbonyl (C=O) groups excluding carboxylic acids is 1. The second kappa shape index (κ2) is 5.84. The quantitative estimate of drug-likeness (QED) is 0.755. The van der Waals surface area contributed by atoms with Gasteiger partial charge in [0.05, 0.1) is 19.3 Å². The van der Waals surface area contributed by atoms with Crippen LogP contribution in [-0.4, -0.2) is 48.2 Å². The molecule has 1 rings (SSSR count). The smallest absolute Gasteiger partial charge is 0.311 e. The van der Waals surface area contributed by atoms with Gasteiger partial charge in [-0.15, -0.1) is 0 Å². The molecule has 1 saturated heterocycles. The first kappa shape index (κ1) is 13.0. The van der Waals surface area contributed by atoms with Gasteiger partial charge in [-0.1, -0.05) is 13.3 Å². The molecule has 1 aliphatic rings. The highest BCUT2D eigenvalue weighted by molar-refractivity contribution is 5.78. The largest absolute Gasteiger partial charge is 0.481 e. The van der Waals surface area contributed by atoms with Crippen LogP contribution in [0.4, 0.5) is 0 Å². The lowest BCUT2D eigenvalue weighted by Gasteiger charge is -2.26. The maximum Gasteiger partial charge on any atom is 0.311 e. The summed E-state index contributed by atoms with van der Waals surface area (Å²) in [5.74, 6) is -1.48. The minimum absolute atomic E-state index is 0.00333. The Bertz CT molecular complexity index is 267. The van der Waals surface area contributed by atoms with Gasteiger partial charge >= 0.3 is 5.97 Å². The van der Waals surface area contributed by atoms with Crippen LogP contribution < -0.4 is 0 Å². The molecule has 0 aromatic rings. The molecule has 0 aliphatic carbocycles. The summed E-state index contributed by atoms with van der Waals surface area (Å²) in [7, 11) is 1.66. The van der Waals surface area contributed by atoms with E-state index in [4.69, 9.17) is 9.84 Å². The summed E-state index contributed by atoms with van der Waals surface area (Å²) < 4.78 is 5.13. The van der Waals surface area contributed by atoms with E-state index in [1.54, 1.807) is 7.05 Å². The highest BCUT2D eigenvalue weighted by atomic mass is 16.5. The summed E-state index contributed by atoms with van der Waals surface area (Å²) in [6, 6.07) is -0.318. The summed E-state index contributed by atoms with van der Waals surface area (Å²) in [4.78, 5) is 24.2. The first-order chi connectivity index (χ1) is 7.57. The van der Waals surface area contributed by atoms with E-state index in [9.17, 15) is 9.59 Å². The van der Waals surface area contributed by atoms with Gasteiger partial charge in [0.25, 0.3) is 0 Å². The van der Waals surface area contributed by atoms with Crippen molar-refractivity contribution < 1.29 is 19.4 Å². The Hall–Kier alpha value is -1.10. The molecule has 0 spiro atoms.